The average Bonchev–Trinajstić information content (AvgIpc) is 3.18. The first-order valence-electron chi connectivity index (χ1n) is 12.8. The molecule has 3 heterocycles. The van der Waals surface area contributed by atoms with Crippen molar-refractivity contribution in [2.45, 2.75) is 56.7 Å². The molecule has 9 heteroatoms. The topological polar surface area (TPSA) is 93.6 Å². The molecule has 0 radical (unpaired) electrons. The third-order valence-corrected chi connectivity index (χ3v) is 7.85. The summed E-state index contributed by atoms with van der Waals surface area (Å²) in [5, 5.41) is 18.1. The van der Waals surface area contributed by atoms with Crippen molar-refractivity contribution in [2.24, 2.45) is 0 Å². The van der Waals surface area contributed by atoms with Crippen molar-refractivity contribution >= 4 is 23.3 Å². The fourth-order valence-electron chi connectivity index (χ4n) is 5.66. The molecule has 1 amide bonds. The number of benzene rings is 1. The second kappa shape index (κ2) is 10.8. The number of nitrogens with one attached hydrogen (secondary N) is 2. The van der Waals surface area contributed by atoms with Crippen LogP contribution in [0.3, 0.4) is 0 Å². The summed E-state index contributed by atoms with van der Waals surface area (Å²) in [7, 11) is 0. The molecule has 3 atom stereocenters. The van der Waals surface area contributed by atoms with E-state index in [0.29, 0.717) is 37.0 Å². The van der Waals surface area contributed by atoms with Gasteiger partial charge in [-0.3, -0.25) is 4.79 Å². The number of hydrogen-bond donors (Lipinski definition) is 3. The van der Waals surface area contributed by atoms with Crippen LogP contribution in [0, 0.1) is 0 Å². The maximum atomic E-state index is 13.7. The fourth-order valence-corrected chi connectivity index (χ4v) is 5.79. The van der Waals surface area contributed by atoms with Gasteiger partial charge in [0.1, 0.15) is 12.1 Å². The van der Waals surface area contributed by atoms with E-state index < -0.39 is 6.10 Å². The highest BCUT2D eigenvalue weighted by Crippen LogP contribution is 2.42. The molecule has 0 saturated carbocycles. The number of amides is 1. The molecule has 2 fully saturated rings. The second-order valence-electron chi connectivity index (χ2n) is 10.0. The molecule has 1 aromatic carbocycles. The number of nitrogens with zero attached hydrogens (tertiary/aromatic N) is 4. The van der Waals surface area contributed by atoms with Gasteiger partial charge >= 0.3 is 0 Å². The lowest BCUT2D eigenvalue weighted by atomic mass is 10.00. The largest absolute Gasteiger partial charge is 0.387 e. The van der Waals surface area contributed by atoms with Crippen LogP contribution in [-0.2, 0) is 11.2 Å². The summed E-state index contributed by atoms with van der Waals surface area (Å²) < 4.78 is 0. The van der Waals surface area contributed by atoms with E-state index in [0.717, 1.165) is 61.7 Å². The molecule has 5 rings (SSSR count). The van der Waals surface area contributed by atoms with Crippen molar-refractivity contribution in [3.05, 3.63) is 52.4 Å². The summed E-state index contributed by atoms with van der Waals surface area (Å²) >= 11 is 6.08. The lowest BCUT2D eigenvalue weighted by Crippen LogP contribution is -2.57. The Labute approximate surface area is 212 Å². The molecule has 2 aliphatic heterocycles. The van der Waals surface area contributed by atoms with Crippen molar-refractivity contribution < 1.29 is 9.90 Å². The van der Waals surface area contributed by atoms with Gasteiger partial charge in [-0.25, -0.2) is 9.97 Å². The van der Waals surface area contributed by atoms with Crippen LogP contribution in [-0.4, -0.2) is 77.2 Å². The summed E-state index contributed by atoms with van der Waals surface area (Å²) in [5.74, 6) is 1.31. The first kappa shape index (κ1) is 24.4. The number of piperidine rings is 1. The van der Waals surface area contributed by atoms with Crippen LogP contribution < -0.4 is 15.5 Å². The van der Waals surface area contributed by atoms with Crippen molar-refractivity contribution in [3.63, 3.8) is 0 Å². The smallest absolute Gasteiger partial charge is 0.240 e. The minimum atomic E-state index is -0.515. The number of halogens is 1. The highest BCUT2D eigenvalue weighted by Gasteiger charge is 2.35. The Morgan fingerprint density at radius 1 is 1.17 bits per heavy atom. The van der Waals surface area contributed by atoms with Crippen molar-refractivity contribution in [1.82, 2.24) is 25.5 Å². The normalized spacial score (nSPS) is 23.9. The van der Waals surface area contributed by atoms with E-state index in [1.165, 1.54) is 0 Å². The number of aromatic nitrogens is 2. The summed E-state index contributed by atoms with van der Waals surface area (Å²) in [6, 6.07) is 7.88. The number of aliphatic hydroxyl groups is 1. The van der Waals surface area contributed by atoms with Crippen LogP contribution in [0.2, 0.25) is 5.02 Å². The first-order valence-corrected chi connectivity index (χ1v) is 13.1. The number of carbonyl (C=O) groups is 1. The minimum Gasteiger partial charge on any atom is -0.387 e. The fraction of sp³-hybridized carbons (Fsp3) is 0.577. The molecule has 3 aliphatic rings. The van der Waals surface area contributed by atoms with Crippen LogP contribution in [0.4, 0.5) is 5.82 Å². The Kier molecular flexibility index (Phi) is 7.53. The monoisotopic (exact) mass is 498 g/mol. The summed E-state index contributed by atoms with van der Waals surface area (Å²) in [5.41, 5.74) is 2.93. The van der Waals surface area contributed by atoms with Gasteiger partial charge in [0.25, 0.3) is 0 Å². The van der Waals surface area contributed by atoms with Crippen molar-refractivity contribution in [2.75, 3.05) is 44.2 Å². The molecular formula is C26H35ClN6O2. The van der Waals surface area contributed by atoms with E-state index in [4.69, 9.17) is 11.6 Å². The van der Waals surface area contributed by atoms with E-state index in [1.54, 1.807) is 6.33 Å². The van der Waals surface area contributed by atoms with Crippen molar-refractivity contribution in [3.8, 4) is 0 Å². The Balaban J connectivity index is 1.27. The third-order valence-electron chi connectivity index (χ3n) is 7.60. The average molecular weight is 499 g/mol. The van der Waals surface area contributed by atoms with Crippen LogP contribution in [0.5, 0.6) is 0 Å². The quantitative estimate of drug-likeness (QED) is 0.562. The number of piperazine rings is 1. The van der Waals surface area contributed by atoms with Gasteiger partial charge in [-0.05, 0) is 62.4 Å². The standard InChI is InChI=1S/C26H35ClN6O2/c1-17-14-22(34)24-23(17)25(30-16-29-24)32-10-12-33(13-11-32)26(35)21(31-20-6-8-28-9-7-20)15-18-2-4-19(27)5-3-18/h2-5,16-17,20-22,28,31,34H,6-15H2,1H3/t17-,21-,22-/m1/s1. The molecule has 188 valence electrons. The van der Waals surface area contributed by atoms with E-state index in [2.05, 4.69) is 32.4 Å². The number of aliphatic hydroxyl groups excluding tert-OH is 1. The molecule has 1 aromatic heterocycles. The molecule has 35 heavy (non-hydrogen) atoms. The maximum Gasteiger partial charge on any atom is 0.240 e. The Morgan fingerprint density at radius 2 is 1.89 bits per heavy atom. The predicted octanol–water partition coefficient (Wildman–Crippen LogP) is 2.27. The summed E-state index contributed by atoms with van der Waals surface area (Å²) in [6.45, 7) is 6.83. The van der Waals surface area contributed by atoms with Gasteiger partial charge in [0.2, 0.25) is 5.91 Å². The Hall–Kier alpha value is -2.26. The Morgan fingerprint density at radius 3 is 2.60 bits per heavy atom. The van der Waals surface area contributed by atoms with E-state index in [9.17, 15) is 9.90 Å². The van der Waals surface area contributed by atoms with Gasteiger partial charge in [0.05, 0.1) is 17.8 Å². The lowest BCUT2D eigenvalue weighted by Gasteiger charge is -2.39. The van der Waals surface area contributed by atoms with Gasteiger partial charge in [0.15, 0.2) is 0 Å². The zero-order valence-corrected chi connectivity index (χ0v) is 21.0. The van der Waals surface area contributed by atoms with Gasteiger partial charge in [-0.2, -0.15) is 0 Å². The molecule has 1 aliphatic carbocycles. The van der Waals surface area contributed by atoms with Crippen LogP contribution in [0.25, 0.3) is 0 Å². The first-order chi connectivity index (χ1) is 17.0. The third kappa shape index (κ3) is 5.45. The van der Waals surface area contributed by atoms with E-state index in [-0.39, 0.29) is 17.9 Å². The number of carbonyl (C=O) groups excluding carboxylic acids is 1. The number of fused-ring (bicyclic) bond motifs is 1. The zero-order valence-electron chi connectivity index (χ0n) is 20.3. The zero-order chi connectivity index (χ0) is 24.4. The molecular weight excluding hydrogens is 464 g/mol. The van der Waals surface area contributed by atoms with Gasteiger partial charge < -0.3 is 25.5 Å². The molecule has 0 spiro atoms. The molecule has 8 nitrogen and oxygen atoms in total. The lowest BCUT2D eigenvalue weighted by molar-refractivity contribution is -0.134. The molecule has 0 unspecified atom stereocenters. The van der Waals surface area contributed by atoms with Crippen molar-refractivity contribution in [1.29, 1.82) is 0 Å². The van der Waals surface area contributed by atoms with E-state index >= 15 is 0 Å². The second-order valence-corrected chi connectivity index (χ2v) is 10.5. The SMILES string of the molecule is C[C@@H]1C[C@@H](O)c2ncnc(N3CCN(C(=O)[C@@H](Cc4ccc(Cl)cc4)NC4CCNCC4)CC3)c21. The Bertz CT molecular complexity index is 1020. The van der Waals surface area contributed by atoms with Crippen LogP contribution in [0.1, 0.15) is 55.0 Å². The molecule has 3 N–H and O–H groups in total. The number of rotatable bonds is 6. The molecule has 0 bridgehead atoms. The maximum absolute atomic E-state index is 13.7. The minimum absolute atomic E-state index is 0.162. The molecule has 2 aromatic rings. The highest BCUT2D eigenvalue weighted by molar-refractivity contribution is 6.30. The van der Waals surface area contributed by atoms with Gasteiger partial charge in [-0.15, -0.1) is 0 Å². The summed E-state index contributed by atoms with van der Waals surface area (Å²) in [6.07, 6.45) is 4.43. The summed E-state index contributed by atoms with van der Waals surface area (Å²) in [4.78, 5) is 26.9. The van der Waals surface area contributed by atoms with E-state index in [1.807, 2.05) is 29.2 Å². The predicted molar refractivity (Wildman–Crippen MR) is 137 cm³/mol. The number of hydrogen-bond acceptors (Lipinski definition) is 7. The molecule has 2 saturated heterocycles. The van der Waals surface area contributed by atoms with Crippen LogP contribution in [0.15, 0.2) is 30.6 Å². The highest BCUT2D eigenvalue weighted by atomic mass is 35.5. The number of anilines is 1. The van der Waals surface area contributed by atoms with Crippen LogP contribution >= 0.6 is 11.6 Å². The van der Waals surface area contributed by atoms with Gasteiger partial charge in [-0.1, -0.05) is 30.7 Å². The van der Waals surface area contributed by atoms with Gasteiger partial charge in [0, 0.05) is 42.8 Å².